The van der Waals surface area contributed by atoms with Gasteiger partial charge in [0, 0.05) is 38.3 Å². The summed E-state index contributed by atoms with van der Waals surface area (Å²) in [4.78, 5) is 2.29. The van der Waals surface area contributed by atoms with Crippen LogP contribution in [-0.4, -0.2) is 59.0 Å². The number of rotatable bonds is 9. The summed E-state index contributed by atoms with van der Waals surface area (Å²) < 4.78 is 38.0. The van der Waals surface area contributed by atoms with Gasteiger partial charge in [0.2, 0.25) is 10.0 Å². The Morgan fingerprint density at radius 1 is 1.11 bits per heavy atom. The maximum atomic E-state index is 12.6. The van der Waals surface area contributed by atoms with Crippen molar-refractivity contribution in [3.05, 3.63) is 30.5 Å². The molecule has 1 aromatic carbocycles. The van der Waals surface area contributed by atoms with Crippen molar-refractivity contribution < 1.29 is 17.9 Å². The summed E-state index contributed by atoms with van der Waals surface area (Å²) in [7, 11) is -0.847. The van der Waals surface area contributed by atoms with Gasteiger partial charge in [0.1, 0.15) is 16.4 Å². The van der Waals surface area contributed by atoms with Gasteiger partial charge >= 0.3 is 0 Å². The zero-order valence-electron chi connectivity index (χ0n) is 16.0. The summed E-state index contributed by atoms with van der Waals surface area (Å²) in [5, 5.41) is 11.2. The molecule has 1 aromatic heterocycles. The normalized spacial score (nSPS) is 14.1. The lowest BCUT2D eigenvalue weighted by molar-refractivity contribution is 0.392. The highest BCUT2D eigenvalue weighted by molar-refractivity contribution is 7.89. The molecule has 0 aliphatic carbocycles. The van der Waals surface area contributed by atoms with E-state index in [-0.39, 0.29) is 17.2 Å². The molecule has 1 aliphatic heterocycles. The van der Waals surface area contributed by atoms with Crippen LogP contribution in [0.5, 0.6) is 11.5 Å². The maximum Gasteiger partial charge on any atom is 0.244 e. The monoisotopic (exact) mass is 407 g/mol. The van der Waals surface area contributed by atoms with Crippen molar-refractivity contribution in [2.75, 3.05) is 50.6 Å². The highest BCUT2D eigenvalue weighted by atomic mass is 32.2. The summed E-state index contributed by atoms with van der Waals surface area (Å²) in [5.41, 5.74) is 1.02. The summed E-state index contributed by atoms with van der Waals surface area (Å²) in [6.45, 7) is 2.59. The van der Waals surface area contributed by atoms with Gasteiger partial charge in [-0.1, -0.05) is 0 Å². The summed E-state index contributed by atoms with van der Waals surface area (Å²) >= 11 is 0. The molecule has 0 spiro atoms. The average Bonchev–Trinajstić information content (AvgIpc) is 3.26. The molecule has 3 rings (SSSR count). The predicted octanol–water partition coefficient (Wildman–Crippen LogP) is 1.48. The second kappa shape index (κ2) is 9.07. The minimum Gasteiger partial charge on any atom is -0.497 e. The van der Waals surface area contributed by atoms with Crippen molar-refractivity contribution in [1.82, 2.24) is 14.9 Å². The second-order valence-corrected chi connectivity index (χ2v) is 8.07. The van der Waals surface area contributed by atoms with Crippen LogP contribution < -0.4 is 24.4 Å². The third kappa shape index (κ3) is 4.82. The molecule has 0 radical (unpaired) electrons. The van der Waals surface area contributed by atoms with E-state index in [0.717, 1.165) is 18.8 Å². The molecule has 0 unspecified atom stereocenters. The van der Waals surface area contributed by atoms with E-state index < -0.39 is 10.0 Å². The van der Waals surface area contributed by atoms with Gasteiger partial charge in [-0.05, 0) is 25.0 Å². The molecule has 0 bridgehead atoms. The largest absolute Gasteiger partial charge is 0.497 e. The van der Waals surface area contributed by atoms with Gasteiger partial charge < -0.3 is 19.7 Å². The van der Waals surface area contributed by atoms with E-state index in [9.17, 15) is 8.42 Å². The van der Waals surface area contributed by atoms with Crippen LogP contribution >= 0.6 is 0 Å². The fraction of sp³-hybridized carbons (Fsp3) is 0.444. The molecule has 10 heteroatoms. The number of nitrogens with one attached hydrogen (secondary N) is 2. The van der Waals surface area contributed by atoms with Crippen LogP contribution in [0.1, 0.15) is 12.8 Å². The number of methoxy groups -OCH3 is 2. The van der Waals surface area contributed by atoms with Gasteiger partial charge in [-0.2, -0.15) is 5.10 Å². The lowest BCUT2D eigenvalue weighted by atomic mass is 10.3. The lowest BCUT2D eigenvalue weighted by Crippen LogP contribution is -2.29. The molecule has 0 saturated carbocycles. The fourth-order valence-corrected chi connectivity index (χ4v) is 4.25. The van der Waals surface area contributed by atoms with E-state index in [2.05, 4.69) is 25.1 Å². The predicted molar refractivity (Wildman–Crippen MR) is 107 cm³/mol. The van der Waals surface area contributed by atoms with Crippen LogP contribution in [0.2, 0.25) is 0 Å². The van der Waals surface area contributed by atoms with E-state index in [1.54, 1.807) is 18.3 Å². The smallest absolute Gasteiger partial charge is 0.244 e. The number of sulfonamides is 1. The molecule has 2 heterocycles. The Balaban J connectivity index is 1.58. The molecule has 1 aliphatic rings. The van der Waals surface area contributed by atoms with E-state index in [0.29, 0.717) is 18.1 Å². The van der Waals surface area contributed by atoms with Crippen LogP contribution in [0.25, 0.3) is 0 Å². The third-order valence-electron chi connectivity index (χ3n) is 4.49. The van der Waals surface area contributed by atoms with E-state index in [1.165, 1.54) is 33.1 Å². The van der Waals surface area contributed by atoms with E-state index in [1.807, 2.05) is 6.07 Å². The van der Waals surface area contributed by atoms with Crippen LogP contribution in [0.3, 0.4) is 0 Å². The topological polar surface area (TPSA) is 106 Å². The molecule has 28 heavy (non-hydrogen) atoms. The number of hydrogen-bond donors (Lipinski definition) is 2. The molecule has 9 nitrogen and oxygen atoms in total. The lowest BCUT2D eigenvalue weighted by Gasteiger charge is -2.17. The molecule has 1 fully saturated rings. The molecule has 0 amide bonds. The number of nitrogens with zero attached hydrogens (tertiary/aromatic N) is 3. The second-order valence-electron chi connectivity index (χ2n) is 6.33. The Kier molecular flexibility index (Phi) is 6.53. The first-order valence-corrected chi connectivity index (χ1v) is 10.5. The van der Waals surface area contributed by atoms with E-state index >= 15 is 0 Å². The Morgan fingerprint density at radius 3 is 2.61 bits per heavy atom. The standard InChI is InChI=1S/C18H25N5O4S/c1-26-15-5-6-16(27-2)17(12-15)28(24,25)21-8-7-19-18-11-14(13-20-22-18)23-9-3-4-10-23/h5-6,11-13,21H,3-4,7-10H2,1-2H3,(H,19,22). The third-order valence-corrected chi connectivity index (χ3v) is 5.98. The number of aromatic nitrogens is 2. The molecular formula is C18H25N5O4S. The van der Waals surface area contributed by atoms with Crippen molar-refractivity contribution in [2.24, 2.45) is 0 Å². The Labute approximate surface area is 165 Å². The number of ether oxygens (including phenoxy) is 2. The van der Waals surface area contributed by atoms with Gasteiger partial charge in [-0.25, -0.2) is 13.1 Å². The van der Waals surface area contributed by atoms with Crippen molar-refractivity contribution >= 4 is 21.5 Å². The minimum absolute atomic E-state index is 0.0326. The SMILES string of the molecule is COc1ccc(OC)c(S(=O)(=O)NCCNc2cc(N3CCCC3)cnn2)c1. The first-order valence-electron chi connectivity index (χ1n) is 9.07. The van der Waals surface area contributed by atoms with Crippen LogP contribution in [-0.2, 0) is 10.0 Å². The van der Waals surface area contributed by atoms with Crippen LogP contribution in [0.4, 0.5) is 11.5 Å². The van der Waals surface area contributed by atoms with Gasteiger partial charge in [0.25, 0.3) is 0 Å². The van der Waals surface area contributed by atoms with E-state index in [4.69, 9.17) is 9.47 Å². The summed E-state index contributed by atoms with van der Waals surface area (Å²) in [6, 6.07) is 6.56. The van der Waals surface area contributed by atoms with Gasteiger partial charge in [0.05, 0.1) is 26.1 Å². The quantitative estimate of drug-likeness (QED) is 0.602. The van der Waals surface area contributed by atoms with Crippen molar-refractivity contribution in [2.45, 2.75) is 17.7 Å². The Hall–Kier alpha value is -2.59. The Morgan fingerprint density at radius 2 is 1.89 bits per heavy atom. The zero-order chi connectivity index (χ0) is 20.0. The van der Waals surface area contributed by atoms with Crippen molar-refractivity contribution in [1.29, 1.82) is 0 Å². The zero-order valence-corrected chi connectivity index (χ0v) is 16.8. The average molecular weight is 407 g/mol. The first-order chi connectivity index (χ1) is 13.5. The molecule has 152 valence electrons. The Bertz CT molecular complexity index is 901. The molecule has 2 N–H and O–H groups in total. The van der Waals surface area contributed by atoms with Crippen molar-refractivity contribution in [3.63, 3.8) is 0 Å². The van der Waals surface area contributed by atoms with Gasteiger partial charge in [0.15, 0.2) is 5.82 Å². The molecule has 1 saturated heterocycles. The minimum atomic E-state index is -3.75. The number of benzene rings is 1. The molecular weight excluding hydrogens is 382 g/mol. The number of hydrogen-bond acceptors (Lipinski definition) is 8. The highest BCUT2D eigenvalue weighted by Crippen LogP contribution is 2.28. The molecule has 0 atom stereocenters. The highest BCUT2D eigenvalue weighted by Gasteiger charge is 2.20. The maximum absolute atomic E-state index is 12.6. The van der Waals surface area contributed by atoms with Crippen LogP contribution in [0.15, 0.2) is 35.4 Å². The fourth-order valence-electron chi connectivity index (χ4n) is 3.04. The summed E-state index contributed by atoms with van der Waals surface area (Å²) in [5.74, 6) is 1.31. The summed E-state index contributed by atoms with van der Waals surface area (Å²) in [6.07, 6.45) is 4.11. The number of anilines is 2. The first kappa shape index (κ1) is 20.2. The van der Waals surface area contributed by atoms with Crippen LogP contribution in [0, 0.1) is 0 Å². The molecule has 2 aromatic rings. The van der Waals surface area contributed by atoms with Crippen molar-refractivity contribution in [3.8, 4) is 11.5 Å². The van der Waals surface area contributed by atoms with Gasteiger partial charge in [-0.3, -0.25) is 0 Å². The van der Waals surface area contributed by atoms with Gasteiger partial charge in [-0.15, -0.1) is 5.10 Å².